The van der Waals surface area contributed by atoms with Crippen molar-refractivity contribution in [2.24, 2.45) is 11.5 Å². The van der Waals surface area contributed by atoms with E-state index in [4.69, 9.17) is 39.8 Å². The van der Waals surface area contributed by atoms with E-state index in [9.17, 15) is 37.5 Å². The molecule has 4 aromatic carbocycles. The van der Waals surface area contributed by atoms with Crippen molar-refractivity contribution in [3.63, 3.8) is 0 Å². The maximum absolute atomic E-state index is 14.0. The van der Waals surface area contributed by atoms with Crippen molar-refractivity contribution in [1.29, 1.82) is 0 Å². The van der Waals surface area contributed by atoms with Gasteiger partial charge >= 0.3 is 5.97 Å². The van der Waals surface area contributed by atoms with Crippen LogP contribution in [0.15, 0.2) is 84.9 Å². The van der Waals surface area contributed by atoms with Gasteiger partial charge in [0.2, 0.25) is 17.7 Å². The van der Waals surface area contributed by atoms with Crippen LogP contribution >= 0.6 is 23.2 Å². The number of primary amides is 2. The van der Waals surface area contributed by atoms with E-state index in [0.29, 0.717) is 40.3 Å². The zero-order valence-electron chi connectivity index (χ0n) is 33.2. The number of carbonyl (C=O) groups is 6. The lowest BCUT2D eigenvalue weighted by atomic mass is 10.0. The van der Waals surface area contributed by atoms with E-state index >= 15 is 0 Å². The Hall–Kier alpha value is -6.96. The third-order valence-electron chi connectivity index (χ3n) is 10.1. The topological polar surface area (TPSA) is 250 Å². The number of hydrogen-bond acceptors (Lipinski definition) is 9. The van der Waals surface area contributed by atoms with Crippen molar-refractivity contribution in [3.8, 4) is 0 Å². The summed E-state index contributed by atoms with van der Waals surface area (Å²) in [5.74, 6) is -4.20. The van der Waals surface area contributed by atoms with Crippen LogP contribution in [0.1, 0.15) is 44.9 Å². The maximum atomic E-state index is 14.0. The normalized spacial score (nSPS) is 15.1. The van der Waals surface area contributed by atoms with E-state index < -0.39 is 35.5 Å². The Labute approximate surface area is 367 Å². The molecular formula is C42H40Cl2F2N10O7. The number of amides is 5. The van der Waals surface area contributed by atoms with Gasteiger partial charge in [-0.05, 0) is 43.7 Å². The van der Waals surface area contributed by atoms with E-state index in [2.05, 4.69) is 26.1 Å². The van der Waals surface area contributed by atoms with Gasteiger partial charge in [-0.2, -0.15) is 10.2 Å². The molecule has 0 bridgehead atoms. The zero-order valence-corrected chi connectivity index (χ0v) is 34.7. The van der Waals surface area contributed by atoms with E-state index in [1.165, 1.54) is 32.5 Å². The molecule has 2 aliphatic heterocycles. The molecule has 0 unspecified atom stereocenters. The summed E-state index contributed by atoms with van der Waals surface area (Å²) < 4.78 is 30.1. The Morgan fingerprint density at radius 2 is 1.17 bits per heavy atom. The summed E-state index contributed by atoms with van der Waals surface area (Å²) >= 11 is 11.4. The fourth-order valence-electron chi connectivity index (χ4n) is 6.65. The molecule has 6 aromatic rings. The van der Waals surface area contributed by atoms with E-state index in [1.54, 1.807) is 66.7 Å². The molecule has 328 valence electrons. The number of carboxylic acids is 1. The van der Waals surface area contributed by atoms with Gasteiger partial charge in [-0.1, -0.05) is 83.9 Å². The minimum absolute atomic E-state index is 0.0195. The number of hydrogen-bond donors (Lipinski definition) is 6. The maximum Gasteiger partial charge on any atom is 0.325 e. The molecule has 17 nitrogen and oxygen atoms in total. The predicted molar refractivity (Wildman–Crippen MR) is 227 cm³/mol. The van der Waals surface area contributed by atoms with Crippen molar-refractivity contribution in [2.75, 3.05) is 13.1 Å². The number of nitrogens with two attached hydrogens (primary N) is 2. The van der Waals surface area contributed by atoms with Gasteiger partial charge < -0.3 is 37.4 Å². The molecule has 8 N–H and O–H groups in total. The van der Waals surface area contributed by atoms with Gasteiger partial charge in [-0.25, -0.2) is 8.78 Å². The number of halogens is 4. The molecule has 2 fully saturated rings. The summed E-state index contributed by atoms with van der Waals surface area (Å²) in [4.78, 5) is 71.6. The number of nitrogens with one attached hydrogen (secondary N) is 3. The number of likely N-dealkylation sites (tertiary alicyclic amines) is 1. The molecule has 8 rings (SSSR count). The van der Waals surface area contributed by atoms with Gasteiger partial charge in [0.15, 0.2) is 11.4 Å². The lowest BCUT2D eigenvalue weighted by molar-refractivity contribution is -0.148. The molecule has 21 heteroatoms. The summed E-state index contributed by atoms with van der Waals surface area (Å²) in [6.45, 7) is 0.987. The number of benzene rings is 4. The molecular weight excluding hydrogens is 865 g/mol. The third kappa shape index (κ3) is 10.7. The summed E-state index contributed by atoms with van der Waals surface area (Å²) in [7, 11) is 0. The Kier molecular flexibility index (Phi) is 14.7. The summed E-state index contributed by atoms with van der Waals surface area (Å²) in [6, 6.07) is 22.4. The fourth-order valence-corrected chi connectivity index (χ4v) is 7.04. The molecule has 2 aromatic heterocycles. The van der Waals surface area contributed by atoms with Crippen LogP contribution in [0.5, 0.6) is 0 Å². The third-order valence-corrected chi connectivity index (χ3v) is 10.7. The highest BCUT2D eigenvalue weighted by Crippen LogP contribution is 2.23. The number of para-hydroxylation sites is 2. The number of aliphatic carboxylic acids is 1. The second-order valence-corrected chi connectivity index (χ2v) is 15.0. The van der Waals surface area contributed by atoms with Crippen LogP contribution in [-0.2, 0) is 45.4 Å². The van der Waals surface area contributed by atoms with Crippen LogP contribution in [0.3, 0.4) is 0 Å². The number of carboxylic acid groups (broad SMARTS) is 1. The van der Waals surface area contributed by atoms with Crippen molar-refractivity contribution in [3.05, 3.63) is 129 Å². The van der Waals surface area contributed by atoms with Gasteiger partial charge in [0, 0.05) is 41.5 Å². The Morgan fingerprint density at radius 3 is 1.60 bits per heavy atom. The first kappa shape index (κ1) is 45.6. The highest BCUT2D eigenvalue weighted by atomic mass is 35.5. The lowest BCUT2D eigenvalue weighted by Crippen LogP contribution is -2.58. The zero-order chi connectivity index (χ0) is 45.4. The van der Waals surface area contributed by atoms with Crippen LogP contribution in [0, 0.1) is 11.6 Å². The molecule has 0 aliphatic carbocycles. The van der Waals surface area contributed by atoms with Crippen molar-refractivity contribution in [2.45, 2.75) is 51.1 Å². The number of rotatable bonds is 12. The van der Waals surface area contributed by atoms with Gasteiger partial charge in [0.1, 0.15) is 30.8 Å². The van der Waals surface area contributed by atoms with E-state index in [1.807, 2.05) is 0 Å². The monoisotopic (exact) mass is 904 g/mol. The van der Waals surface area contributed by atoms with E-state index in [0.717, 1.165) is 13.0 Å². The fraction of sp³-hybridized carbons (Fsp3) is 0.238. The number of aromatic nitrogens is 4. The lowest BCUT2D eigenvalue weighted by Gasteiger charge is -2.39. The average Bonchev–Trinajstić information content (AvgIpc) is 3.77. The molecule has 5 amide bonds. The smallest absolute Gasteiger partial charge is 0.325 e. The molecule has 0 saturated carbocycles. The van der Waals surface area contributed by atoms with Crippen molar-refractivity contribution >= 4 is 80.5 Å². The SMILES string of the molecule is NC(=O)c1nn(CC(=O)N2CC[C@H]2C(=O)NCc2cccc(Cl)c2F)c2ccccc12.NC(=O)c1nn(CC(=O)O)c2ccccc12.O=C(NCc1cccc(Cl)c1F)[C@@H]1CCN1. The van der Waals surface area contributed by atoms with Crippen LogP contribution in [0.4, 0.5) is 8.78 Å². The molecule has 2 aliphatic rings. The highest BCUT2D eigenvalue weighted by molar-refractivity contribution is 6.31. The van der Waals surface area contributed by atoms with Crippen LogP contribution < -0.4 is 27.4 Å². The minimum atomic E-state index is -1.02. The number of carbonyl (C=O) groups excluding carboxylic acids is 5. The second kappa shape index (κ2) is 20.3. The minimum Gasteiger partial charge on any atom is -0.480 e. The van der Waals surface area contributed by atoms with Gasteiger partial charge in [-0.15, -0.1) is 0 Å². The van der Waals surface area contributed by atoms with Gasteiger partial charge in [-0.3, -0.25) is 38.1 Å². The van der Waals surface area contributed by atoms with E-state index in [-0.39, 0.29) is 76.9 Å². The molecule has 4 heterocycles. The Bertz CT molecular complexity index is 2720. The molecule has 0 radical (unpaired) electrons. The number of nitrogens with zero attached hydrogens (tertiary/aromatic N) is 5. The summed E-state index contributed by atoms with van der Waals surface area (Å²) in [6.07, 6.45) is 1.34. The molecule has 0 spiro atoms. The second-order valence-electron chi connectivity index (χ2n) is 14.2. The highest BCUT2D eigenvalue weighted by Gasteiger charge is 2.38. The first-order valence-corrected chi connectivity index (χ1v) is 20.1. The Balaban J connectivity index is 0.000000173. The summed E-state index contributed by atoms with van der Waals surface area (Å²) in [5, 5.41) is 26.2. The molecule has 63 heavy (non-hydrogen) atoms. The quantitative estimate of drug-likeness (QED) is 0.104. The first-order chi connectivity index (χ1) is 30.1. The van der Waals surface area contributed by atoms with Crippen LogP contribution in [0.2, 0.25) is 10.0 Å². The molecule has 2 saturated heterocycles. The van der Waals surface area contributed by atoms with Gasteiger partial charge in [0.05, 0.1) is 27.1 Å². The van der Waals surface area contributed by atoms with Crippen molar-refractivity contribution < 1.29 is 42.7 Å². The standard InChI is InChI=1S/C21H19ClFN5O3.C11H12ClFN2O.C10H9N3O3/c22-14-6-3-4-12(18(14)23)10-25-21(31)16-8-9-27(16)17(29)11-28-15-7-2-1-5-13(15)19(26-28)20(24)30;12-8-3-1-2-7(10(8)13)6-15-11(16)9-4-5-14-9;11-10(16)9-6-3-1-2-4-7(6)13(12-9)5-8(14)15/h1-7,16H,8-11H2,(H2,24,30)(H,25,31);1-3,9,14H,4-6H2,(H,15,16);1-4H,5H2,(H2,11,16)(H,14,15)/t16-;9-;/m00./s1. The summed E-state index contributed by atoms with van der Waals surface area (Å²) in [5.41, 5.74) is 12.6. The number of fused-ring (bicyclic) bond motifs is 2. The largest absolute Gasteiger partial charge is 0.480 e. The van der Waals surface area contributed by atoms with Gasteiger partial charge in [0.25, 0.3) is 11.8 Å². The van der Waals surface area contributed by atoms with Crippen LogP contribution in [0.25, 0.3) is 21.8 Å². The van der Waals surface area contributed by atoms with Crippen molar-refractivity contribution in [1.82, 2.24) is 40.4 Å². The first-order valence-electron chi connectivity index (χ1n) is 19.3. The van der Waals surface area contributed by atoms with Crippen LogP contribution in [-0.4, -0.2) is 90.2 Å². The predicted octanol–water partition coefficient (Wildman–Crippen LogP) is 3.52. The average molecular weight is 906 g/mol. The molecule has 2 atom stereocenters. The Morgan fingerprint density at radius 1 is 0.698 bits per heavy atom.